The molecule has 0 atom stereocenters. The minimum absolute atomic E-state index is 0.145. The minimum Gasteiger partial charge on any atom is -0.409 e. The Balaban J connectivity index is 4.81. The van der Waals surface area contributed by atoms with E-state index in [4.69, 9.17) is 4.43 Å². The lowest BCUT2D eigenvalue weighted by molar-refractivity contribution is 0.316. The zero-order valence-corrected chi connectivity index (χ0v) is 9.68. The maximum absolute atomic E-state index is 5.80. The van der Waals surface area contributed by atoms with Gasteiger partial charge in [0.05, 0.1) is 0 Å². The van der Waals surface area contributed by atoms with E-state index in [0.29, 0.717) is 0 Å². The smallest absolute Gasteiger partial charge is 0.245 e. The van der Waals surface area contributed by atoms with Crippen LogP contribution in [0.3, 0.4) is 0 Å². The van der Waals surface area contributed by atoms with Gasteiger partial charge in [-0.3, -0.25) is 0 Å². The molecule has 0 bridgehead atoms. The van der Waals surface area contributed by atoms with Crippen molar-refractivity contribution < 1.29 is 4.43 Å². The monoisotopic (exact) mass is 184 g/mol. The lowest BCUT2D eigenvalue weighted by Crippen LogP contribution is -2.43. The summed E-state index contributed by atoms with van der Waals surface area (Å²) in [5.74, 6) is 0. The summed E-state index contributed by atoms with van der Waals surface area (Å²) in [6.45, 7) is 17.0. The molecular weight excluding hydrogens is 164 g/mol. The van der Waals surface area contributed by atoms with Crippen molar-refractivity contribution in [2.24, 2.45) is 0 Å². The zero-order valence-electron chi connectivity index (χ0n) is 8.68. The van der Waals surface area contributed by atoms with Crippen molar-refractivity contribution in [1.82, 2.24) is 0 Å². The predicted octanol–water partition coefficient (Wildman–Crippen LogP) is 3.22. The van der Waals surface area contributed by atoms with Crippen molar-refractivity contribution >= 4 is 8.32 Å². The first kappa shape index (κ1) is 11.7. The molecule has 0 fully saturated rings. The highest BCUT2D eigenvalue weighted by Crippen LogP contribution is 2.38. The van der Waals surface area contributed by atoms with E-state index in [1.165, 1.54) is 0 Å². The summed E-state index contributed by atoms with van der Waals surface area (Å²) in [6, 6.07) is 0. The Hall–Kier alpha value is -0.343. The summed E-state index contributed by atoms with van der Waals surface area (Å²) in [6.07, 6.45) is 0. The molecule has 1 nitrogen and oxygen atoms in total. The molecule has 0 aliphatic rings. The van der Waals surface area contributed by atoms with Gasteiger partial charge < -0.3 is 4.43 Å². The van der Waals surface area contributed by atoms with Gasteiger partial charge in [0.25, 0.3) is 0 Å². The first-order chi connectivity index (χ1) is 5.43. The van der Waals surface area contributed by atoms with E-state index >= 15 is 0 Å². The molecule has 70 valence electrons. The van der Waals surface area contributed by atoms with Crippen LogP contribution in [0.15, 0.2) is 24.6 Å². The molecule has 0 unspecified atom stereocenters. The largest absolute Gasteiger partial charge is 0.409 e. The quantitative estimate of drug-likeness (QED) is 0.610. The Kier molecular flexibility index (Phi) is 3.94. The van der Waals surface area contributed by atoms with E-state index in [2.05, 4.69) is 33.9 Å². The summed E-state index contributed by atoms with van der Waals surface area (Å²) in [5.41, 5.74) is 3.92. The highest BCUT2D eigenvalue weighted by Gasteiger charge is 2.40. The van der Waals surface area contributed by atoms with Crippen LogP contribution in [0.1, 0.15) is 27.7 Å². The van der Waals surface area contributed by atoms with Gasteiger partial charge in [0, 0.05) is 6.61 Å². The summed E-state index contributed by atoms with van der Waals surface area (Å²) >= 11 is 0. The van der Waals surface area contributed by atoms with Crippen LogP contribution in [0.5, 0.6) is 0 Å². The third kappa shape index (κ3) is 2.08. The van der Waals surface area contributed by atoms with Crippen molar-refractivity contribution in [2.45, 2.75) is 32.7 Å². The van der Waals surface area contributed by atoms with Gasteiger partial charge >= 0.3 is 0 Å². The second-order valence-corrected chi connectivity index (χ2v) is 8.08. The first-order valence-corrected chi connectivity index (χ1v) is 6.41. The molecule has 12 heavy (non-hydrogen) atoms. The summed E-state index contributed by atoms with van der Waals surface area (Å²) in [5, 5.41) is 0.145. The van der Waals surface area contributed by atoms with Gasteiger partial charge in [0.1, 0.15) is 0 Å². The number of hydrogen-bond donors (Lipinski definition) is 0. The Labute approximate surface area is 77.3 Å². The van der Waals surface area contributed by atoms with Crippen molar-refractivity contribution in [2.75, 3.05) is 6.61 Å². The van der Waals surface area contributed by atoms with Crippen LogP contribution in [0.4, 0.5) is 0 Å². The van der Waals surface area contributed by atoms with E-state index in [9.17, 15) is 0 Å². The Morgan fingerprint density at radius 1 is 1.25 bits per heavy atom. The summed E-state index contributed by atoms with van der Waals surface area (Å²) in [4.78, 5) is 0. The Morgan fingerprint density at radius 2 is 1.67 bits per heavy atom. The van der Waals surface area contributed by atoms with Gasteiger partial charge in [-0.1, -0.05) is 32.2 Å². The van der Waals surface area contributed by atoms with E-state index < -0.39 is 8.32 Å². The molecule has 0 spiro atoms. The van der Waals surface area contributed by atoms with Crippen molar-refractivity contribution in [3.8, 4) is 0 Å². The fraction of sp³-hybridized carbons (Fsp3) is 0.600. The first-order valence-electron chi connectivity index (χ1n) is 4.34. The van der Waals surface area contributed by atoms with Crippen molar-refractivity contribution in [1.29, 1.82) is 0 Å². The van der Waals surface area contributed by atoms with E-state index in [0.717, 1.165) is 6.61 Å². The van der Waals surface area contributed by atoms with Crippen LogP contribution < -0.4 is 0 Å². The molecule has 0 heterocycles. The van der Waals surface area contributed by atoms with Crippen LogP contribution in [0.2, 0.25) is 5.04 Å². The molecule has 0 aromatic carbocycles. The molecule has 0 aliphatic heterocycles. The second-order valence-electron chi connectivity index (χ2n) is 3.88. The lowest BCUT2D eigenvalue weighted by atomic mass is 10.2. The normalized spacial score (nSPS) is 12.7. The van der Waals surface area contributed by atoms with Gasteiger partial charge in [-0.05, 0) is 12.0 Å². The summed E-state index contributed by atoms with van der Waals surface area (Å²) < 4.78 is 5.80. The lowest BCUT2D eigenvalue weighted by Gasteiger charge is -2.36. The fourth-order valence-corrected chi connectivity index (χ4v) is 3.81. The number of rotatable bonds is 4. The van der Waals surface area contributed by atoms with Gasteiger partial charge in [-0.2, -0.15) is 0 Å². The van der Waals surface area contributed by atoms with Crippen molar-refractivity contribution in [3.05, 3.63) is 24.6 Å². The molecule has 0 aliphatic carbocycles. The van der Waals surface area contributed by atoms with Crippen LogP contribution in [-0.4, -0.2) is 14.9 Å². The number of hydrogen-bond acceptors (Lipinski definition) is 1. The molecule has 0 rings (SSSR count). The molecule has 0 radical (unpaired) electrons. The Morgan fingerprint density at radius 3 is 1.75 bits per heavy atom. The average Bonchev–Trinajstić information content (AvgIpc) is 1.98. The SMILES string of the molecule is C=C[Si](C=C)(OCC)C(C)(C)C. The Bertz CT molecular complexity index is 159. The second kappa shape index (κ2) is 4.05. The van der Waals surface area contributed by atoms with Gasteiger partial charge in [0.15, 0.2) is 0 Å². The van der Waals surface area contributed by atoms with Gasteiger partial charge in [-0.15, -0.1) is 13.2 Å². The minimum atomic E-state index is -1.92. The highest BCUT2D eigenvalue weighted by molar-refractivity contribution is 6.85. The van der Waals surface area contributed by atoms with Gasteiger partial charge in [0.2, 0.25) is 8.32 Å². The standard InChI is InChI=1S/C10H20OSi/c1-7-11-12(8-2,9-3)10(4,5)6/h8-9H,2-3,7H2,1,4-6H3. The fourth-order valence-electron chi connectivity index (χ4n) is 1.27. The molecular formula is C10H20OSi. The van der Waals surface area contributed by atoms with Crippen LogP contribution in [0, 0.1) is 0 Å². The van der Waals surface area contributed by atoms with E-state index in [-0.39, 0.29) is 5.04 Å². The zero-order chi connectivity index (χ0) is 9.83. The molecule has 2 heteroatoms. The van der Waals surface area contributed by atoms with Crippen molar-refractivity contribution in [3.63, 3.8) is 0 Å². The van der Waals surface area contributed by atoms with E-state index in [1.54, 1.807) is 0 Å². The third-order valence-electron chi connectivity index (χ3n) is 2.16. The maximum atomic E-state index is 5.80. The topological polar surface area (TPSA) is 9.23 Å². The maximum Gasteiger partial charge on any atom is 0.245 e. The molecule has 0 N–H and O–H groups in total. The van der Waals surface area contributed by atoms with E-state index in [1.807, 2.05) is 18.3 Å². The molecule has 0 saturated carbocycles. The average molecular weight is 184 g/mol. The molecule has 0 amide bonds. The molecule has 0 aromatic heterocycles. The van der Waals surface area contributed by atoms with Crippen LogP contribution >= 0.6 is 0 Å². The third-order valence-corrected chi connectivity index (χ3v) is 6.49. The van der Waals surface area contributed by atoms with Crippen LogP contribution in [-0.2, 0) is 4.43 Å². The van der Waals surface area contributed by atoms with Crippen LogP contribution in [0.25, 0.3) is 0 Å². The van der Waals surface area contributed by atoms with Gasteiger partial charge in [-0.25, -0.2) is 0 Å². The molecule has 0 aromatic rings. The highest BCUT2D eigenvalue weighted by atomic mass is 28.4. The predicted molar refractivity (Wildman–Crippen MR) is 57.5 cm³/mol. The summed E-state index contributed by atoms with van der Waals surface area (Å²) in [7, 11) is -1.92. The molecule has 0 saturated heterocycles.